The molecule has 0 atom stereocenters. The topological polar surface area (TPSA) is 61.4 Å². The van der Waals surface area contributed by atoms with Crippen molar-refractivity contribution >= 4 is 17.5 Å². The van der Waals surface area contributed by atoms with E-state index in [0.717, 1.165) is 25.9 Å². The normalized spacial score (nSPS) is 10.5. The van der Waals surface area contributed by atoms with Crippen LogP contribution >= 0.6 is 0 Å². The van der Waals surface area contributed by atoms with Crippen molar-refractivity contribution in [1.82, 2.24) is 10.2 Å². The lowest BCUT2D eigenvalue weighted by Gasteiger charge is -2.17. The largest absolute Gasteiger partial charge is 0.352 e. The minimum absolute atomic E-state index is 0.0627. The molecule has 0 radical (unpaired) electrons. The lowest BCUT2D eigenvalue weighted by Crippen LogP contribution is -2.33. The van der Waals surface area contributed by atoms with Gasteiger partial charge in [-0.25, -0.2) is 0 Å². The summed E-state index contributed by atoms with van der Waals surface area (Å²) in [7, 11) is 0. The number of amides is 2. The molecule has 0 aromatic heterocycles. The highest BCUT2D eigenvalue weighted by molar-refractivity contribution is 5.97. The van der Waals surface area contributed by atoms with Gasteiger partial charge in [0.25, 0.3) is 5.91 Å². The van der Waals surface area contributed by atoms with E-state index in [2.05, 4.69) is 17.6 Å². The molecule has 0 unspecified atom stereocenters. The number of rotatable bonds is 9. The van der Waals surface area contributed by atoms with Crippen LogP contribution in [0.4, 0.5) is 5.69 Å². The molecule has 0 fully saturated rings. The van der Waals surface area contributed by atoms with Gasteiger partial charge in [-0.1, -0.05) is 33.3 Å². The molecule has 0 saturated heterocycles. The van der Waals surface area contributed by atoms with Gasteiger partial charge in [-0.05, 0) is 37.7 Å². The van der Waals surface area contributed by atoms with Gasteiger partial charge in [-0.2, -0.15) is 0 Å². The van der Waals surface area contributed by atoms with E-state index in [9.17, 15) is 9.59 Å². The summed E-state index contributed by atoms with van der Waals surface area (Å²) in [6.07, 6.45) is 2.01. The molecule has 122 valence electrons. The second kappa shape index (κ2) is 9.95. The summed E-state index contributed by atoms with van der Waals surface area (Å²) in [6.45, 7) is 8.84. The number of carbonyl (C=O) groups is 2. The quantitative estimate of drug-likeness (QED) is 0.689. The van der Waals surface area contributed by atoms with E-state index >= 15 is 0 Å². The van der Waals surface area contributed by atoms with Crippen LogP contribution in [0.25, 0.3) is 0 Å². The van der Waals surface area contributed by atoms with Gasteiger partial charge in [0.1, 0.15) is 0 Å². The molecular formula is C17H27N3O2. The molecule has 5 nitrogen and oxygen atoms in total. The number of anilines is 1. The van der Waals surface area contributed by atoms with E-state index in [1.54, 1.807) is 24.3 Å². The summed E-state index contributed by atoms with van der Waals surface area (Å²) in [5, 5.41) is 5.71. The van der Waals surface area contributed by atoms with Crippen LogP contribution in [0.2, 0.25) is 0 Å². The number of likely N-dealkylation sites (N-methyl/N-ethyl adjacent to an activating group) is 1. The van der Waals surface area contributed by atoms with Crippen LogP contribution in [0.15, 0.2) is 24.3 Å². The third-order valence-corrected chi connectivity index (χ3v) is 3.49. The summed E-state index contributed by atoms with van der Waals surface area (Å²) in [4.78, 5) is 26.0. The maximum Gasteiger partial charge on any atom is 0.251 e. The number of carbonyl (C=O) groups excluding carboxylic acids is 2. The maximum absolute atomic E-state index is 12.0. The van der Waals surface area contributed by atoms with Crippen LogP contribution in [0.1, 0.15) is 44.0 Å². The number of hydrogen-bond acceptors (Lipinski definition) is 3. The SMILES string of the molecule is CCCCNC(=O)c1cccc(NC(=O)CN(CC)CC)c1. The van der Waals surface area contributed by atoms with Crippen LogP contribution in [0, 0.1) is 0 Å². The number of unbranched alkanes of at least 4 members (excludes halogenated alkanes) is 1. The van der Waals surface area contributed by atoms with Crippen LogP contribution < -0.4 is 10.6 Å². The Balaban J connectivity index is 2.60. The first-order valence-electron chi connectivity index (χ1n) is 8.01. The van der Waals surface area contributed by atoms with Crippen molar-refractivity contribution in [2.75, 3.05) is 31.5 Å². The van der Waals surface area contributed by atoms with Crippen molar-refractivity contribution in [2.45, 2.75) is 33.6 Å². The van der Waals surface area contributed by atoms with E-state index in [1.807, 2.05) is 18.7 Å². The zero-order valence-electron chi connectivity index (χ0n) is 13.8. The summed E-state index contributed by atoms with van der Waals surface area (Å²) < 4.78 is 0. The predicted molar refractivity (Wildman–Crippen MR) is 90.1 cm³/mol. The van der Waals surface area contributed by atoms with E-state index in [-0.39, 0.29) is 11.8 Å². The zero-order valence-corrected chi connectivity index (χ0v) is 13.8. The fourth-order valence-electron chi connectivity index (χ4n) is 2.07. The average molecular weight is 305 g/mol. The predicted octanol–water partition coefficient (Wildman–Crippen LogP) is 2.50. The van der Waals surface area contributed by atoms with Crippen molar-refractivity contribution in [3.63, 3.8) is 0 Å². The first-order chi connectivity index (χ1) is 10.6. The fourth-order valence-corrected chi connectivity index (χ4v) is 2.07. The summed E-state index contributed by atoms with van der Waals surface area (Å²) in [5.74, 6) is -0.166. The third-order valence-electron chi connectivity index (χ3n) is 3.49. The van der Waals surface area contributed by atoms with Gasteiger partial charge in [-0.15, -0.1) is 0 Å². The van der Waals surface area contributed by atoms with Crippen molar-refractivity contribution in [3.8, 4) is 0 Å². The number of nitrogens with one attached hydrogen (secondary N) is 2. The molecule has 1 rings (SSSR count). The van der Waals surface area contributed by atoms with Crippen LogP contribution in [0.3, 0.4) is 0 Å². The minimum Gasteiger partial charge on any atom is -0.352 e. The van der Waals surface area contributed by atoms with Gasteiger partial charge >= 0.3 is 0 Å². The Labute approximate surface area is 133 Å². The van der Waals surface area contributed by atoms with Gasteiger partial charge in [0.05, 0.1) is 6.54 Å². The Morgan fingerprint density at radius 1 is 1.14 bits per heavy atom. The second-order valence-corrected chi connectivity index (χ2v) is 5.20. The molecule has 1 aromatic rings. The summed E-state index contributed by atoms with van der Waals surface area (Å²) in [5.41, 5.74) is 1.22. The van der Waals surface area contributed by atoms with E-state index < -0.39 is 0 Å². The Morgan fingerprint density at radius 3 is 2.50 bits per heavy atom. The van der Waals surface area contributed by atoms with Crippen LogP contribution in [-0.4, -0.2) is 42.9 Å². The van der Waals surface area contributed by atoms with Crippen molar-refractivity contribution in [1.29, 1.82) is 0 Å². The van der Waals surface area contributed by atoms with Gasteiger partial charge in [0, 0.05) is 17.8 Å². The number of benzene rings is 1. The highest BCUT2D eigenvalue weighted by atomic mass is 16.2. The molecule has 2 amide bonds. The van der Waals surface area contributed by atoms with Gasteiger partial charge in [-0.3, -0.25) is 14.5 Å². The Morgan fingerprint density at radius 2 is 1.86 bits per heavy atom. The molecule has 22 heavy (non-hydrogen) atoms. The van der Waals surface area contributed by atoms with Crippen LogP contribution in [0.5, 0.6) is 0 Å². The molecule has 0 aliphatic carbocycles. The van der Waals surface area contributed by atoms with E-state index in [4.69, 9.17) is 0 Å². The highest BCUT2D eigenvalue weighted by Crippen LogP contribution is 2.11. The van der Waals surface area contributed by atoms with Crippen molar-refractivity contribution in [2.24, 2.45) is 0 Å². The molecule has 0 spiro atoms. The lowest BCUT2D eigenvalue weighted by atomic mass is 10.2. The number of nitrogens with zero attached hydrogens (tertiary/aromatic N) is 1. The fraction of sp³-hybridized carbons (Fsp3) is 0.529. The molecule has 0 bridgehead atoms. The van der Waals surface area contributed by atoms with Crippen molar-refractivity contribution in [3.05, 3.63) is 29.8 Å². The standard InChI is InChI=1S/C17H27N3O2/c1-4-7-11-18-17(22)14-9-8-10-15(12-14)19-16(21)13-20(5-2)6-3/h8-10,12H,4-7,11,13H2,1-3H3,(H,18,22)(H,19,21). The Bertz CT molecular complexity index is 485. The summed E-state index contributed by atoms with van der Waals surface area (Å²) in [6, 6.07) is 7.04. The lowest BCUT2D eigenvalue weighted by molar-refractivity contribution is -0.117. The maximum atomic E-state index is 12.0. The monoisotopic (exact) mass is 305 g/mol. The smallest absolute Gasteiger partial charge is 0.251 e. The van der Waals surface area contributed by atoms with Gasteiger partial charge in [0.15, 0.2) is 0 Å². The zero-order chi connectivity index (χ0) is 16.4. The third kappa shape index (κ3) is 6.26. The van der Waals surface area contributed by atoms with Crippen LogP contribution in [-0.2, 0) is 4.79 Å². The van der Waals surface area contributed by atoms with Gasteiger partial charge < -0.3 is 10.6 Å². The average Bonchev–Trinajstić information content (AvgIpc) is 2.53. The van der Waals surface area contributed by atoms with E-state index in [1.165, 1.54) is 0 Å². The molecule has 5 heteroatoms. The molecule has 2 N–H and O–H groups in total. The Hall–Kier alpha value is -1.88. The van der Waals surface area contributed by atoms with Crippen molar-refractivity contribution < 1.29 is 9.59 Å². The first kappa shape index (κ1) is 18.2. The molecule has 0 heterocycles. The summed E-state index contributed by atoms with van der Waals surface area (Å²) >= 11 is 0. The highest BCUT2D eigenvalue weighted by Gasteiger charge is 2.09. The second-order valence-electron chi connectivity index (χ2n) is 5.20. The molecule has 1 aromatic carbocycles. The number of hydrogen-bond donors (Lipinski definition) is 2. The minimum atomic E-state index is -0.103. The van der Waals surface area contributed by atoms with Gasteiger partial charge in [0.2, 0.25) is 5.91 Å². The molecule has 0 aliphatic heterocycles. The molecule has 0 saturated carbocycles. The first-order valence-corrected chi connectivity index (χ1v) is 8.01. The molecule has 0 aliphatic rings. The Kier molecular flexibility index (Phi) is 8.22. The van der Waals surface area contributed by atoms with E-state index in [0.29, 0.717) is 24.3 Å². The molecular weight excluding hydrogens is 278 g/mol.